The van der Waals surface area contributed by atoms with Crippen LogP contribution >= 0.6 is 0 Å². The Bertz CT molecular complexity index is 1090. The summed E-state index contributed by atoms with van der Waals surface area (Å²) in [5, 5.41) is 9.67. The summed E-state index contributed by atoms with van der Waals surface area (Å²) in [6, 6.07) is 4.00. The minimum absolute atomic E-state index is 0.0462. The molecule has 0 aliphatic carbocycles. The van der Waals surface area contributed by atoms with Crippen LogP contribution in [0.1, 0.15) is 30.1 Å². The number of rotatable bonds is 7. The van der Waals surface area contributed by atoms with Crippen molar-refractivity contribution in [2.45, 2.75) is 25.9 Å². The number of methoxy groups -OCH3 is 1. The van der Waals surface area contributed by atoms with E-state index < -0.39 is 21.9 Å². The minimum atomic E-state index is -3.71. The lowest BCUT2D eigenvalue weighted by Gasteiger charge is -2.17. The molecule has 168 valence electrons. The number of carbonyl (C=O) groups is 1. The molecule has 4 N–H and O–H groups in total. The number of nitrogens with one attached hydrogen (secondary N) is 1. The quantitative estimate of drug-likeness (QED) is 0.583. The van der Waals surface area contributed by atoms with Crippen LogP contribution in [0.2, 0.25) is 0 Å². The number of aliphatic hydroxyl groups excluding tert-OH is 1. The maximum atomic E-state index is 14.7. The second-order valence-corrected chi connectivity index (χ2v) is 9.15. The van der Waals surface area contributed by atoms with Crippen LogP contribution in [-0.4, -0.2) is 61.4 Å². The van der Waals surface area contributed by atoms with Crippen molar-refractivity contribution in [2.75, 3.05) is 36.4 Å². The van der Waals surface area contributed by atoms with Crippen LogP contribution in [0, 0.1) is 5.82 Å². The van der Waals surface area contributed by atoms with Crippen LogP contribution in [0.25, 0.3) is 11.1 Å². The number of β-amino-alcohol motifs (C(OH)–C–C–N with tert-alkyl or cyclic N) is 1. The van der Waals surface area contributed by atoms with Gasteiger partial charge in [0.15, 0.2) is 11.6 Å². The number of sulfonamides is 1. The molecule has 1 fully saturated rings. The summed E-state index contributed by atoms with van der Waals surface area (Å²) in [6.07, 6.45) is 1.62. The zero-order valence-corrected chi connectivity index (χ0v) is 18.1. The average Bonchev–Trinajstić information content (AvgIpc) is 3.13. The molecule has 1 amide bonds. The Labute approximate surface area is 180 Å². The molecule has 11 heteroatoms. The lowest BCUT2D eigenvalue weighted by molar-refractivity contribution is 0.0764. The number of amides is 1. The van der Waals surface area contributed by atoms with E-state index >= 15 is 0 Å². The number of hydrogen-bond donors (Lipinski definition) is 3. The highest BCUT2D eigenvalue weighted by Gasteiger charge is 2.26. The maximum Gasteiger partial charge on any atom is 0.255 e. The molecule has 9 nitrogen and oxygen atoms in total. The first-order chi connectivity index (χ1) is 14.6. The van der Waals surface area contributed by atoms with Crippen molar-refractivity contribution in [3.05, 3.63) is 35.8 Å². The van der Waals surface area contributed by atoms with Crippen molar-refractivity contribution in [3.63, 3.8) is 0 Å². The number of halogens is 1. The second kappa shape index (κ2) is 9.06. The Morgan fingerprint density at radius 1 is 1.42 bits per heavy atom. The largest absolute Gasteiger partial charge is 0.492 e. The smallest absolute Gasteiger partial charge is 0.255 e. The highest BCUT2D eigenvalue weighted by atomic mass is 32.2. The van der Waals surface area contributed by atoms with Crippen molar-refractivity contribution in [3.8, 4) is 16.9 Å². The van der Waals surface area contributed by atoms with E-state index in [1.807, 2.05) is 0 Å². The fourth-order valence-corrected chi connectivity index (χ4v) is 4.58. The molecule has 0 saturated carbocycles. The van der Waals surface area contributed by atoms with E-state index in [0.717, 1.165) is 6.07 Å². The Balaban J connectivity index is 2.03. The first kappa shape index (κ1) is 22.8. The number of ether oxygens (including phenoxy) is 1. The Hall–Kier alpha value is -2.92. The molecular weight excluding hydrogens is 427 g/mol. The molecule has 3 rings (SSSR count). The topological polar surface area (TPSA) is 135 Å². The van der Waals surface area contributed by atoms with E-state index in [4.69, 9.17) is 10.5 Å². The first-order valence-electron chi connectivity index (χ1n) is 9.76. The van der Waals surface area contributed by atoms with Gasteiger partial charge in [-0.05, 0) is 36.6 Å². The summed E-state index contributed by atoms with van der Waals surface area (Å²) in [5.41, 5.74) is 6.62. The molecule has 2 aromatic rings. The number of anilines is 2. The van der Waals surface area contributed by atoms with E-state index in [1.54, 1.807) is 6.92 Å². The summed E-state index contributed by atoms with van der Waals surface area (Å²) in [6.45, 7) is 2.35. The van der Waals surface area contributed by atoms with E-state index in [0.29, 0.717) is 19.4 Å². The molecule has 0 radical (unpaired) electrons. The minimum Gasteiger partial charge on any atom is -0.492 e. The van der Waals surface area contributed by atoms with Crippen LogP contribution in [0.5, 0.6) is 5.75 Å². The summed E-state index contributed by atoms with van der Waals surface area (Å²) in [4.78, 5) is 18.3. The fraction of sp³-hybridized carbons (Fsp3) is 0.400. The van der Waals surface area contributed by atoms with Gasteiger partial charge in [-0.15, -0.1) is 0 Å². The lowest BCUT2D eigenvalue weighted by atomic mass is 10.0. The second-order valence-electron chi connectivity index (χ2n) is 7.31. The van der Waals surface area contributed by atoms with Gasteiger partial charge in [-0.1, -0.05) is 6.92 Å². The summed E-state index contributed by atoms with van der Waals surface area (Å²) >= 11 is 0. The van der Waals surface area contributed by atoms with Gasteiger partial charge in [-0.2, -0.15) is 0 Å². The lowest BCUT2D eigenvalue weighted by Crippen LogP contribution is -2.29. The number of aliphatic hydroxyl groups is 1. The molecule has 31 heavy (non-hydrogen) atoms. The molecule has 0 bridgehead atoms. The monoisotopic (exact) mass is 452 g/mol. The summed E-state index contributed by atoms with van der Waals surface area (Å²) < 4.78 is 46.5. The highest BCUT2D eigenvalue weighted by Crippen LogP contribution is 2.36. The van der Waals surface area contributed by atoms with Gasteiger partial charge in [0.05, 0.1) is 30.2 Å². The van der Waals surface area contributed by atoms with Crippen molar-refractivity contribution in [1.82, 2.24) is 9.88 Å². The Morgan fingerprint density at radius 3 is 2.77 bits per heavy atom. The maximum absolute atomic E-state index is 14.7. The van der Waals surface area contributed by atoms with Gasteiger partial charge in [-0.3, -0.25) is 9.52 Å². The standard InChI is InChI=1S/C20H25FN4O5S/c1-3-6-31(28,29)24-17-9-12(8-16(21)18(17)30-2)15-7-13(10-23-19(15)22)20(27)25-5-4-14(26)11-25/h7-10,14,24,26H,3-6,11H2,1-2H3,(H2,22,23)/t14-/m1/s1. The predicted molar refractivity (Wildman–Crippen MR) is 115 cm³/mol. The Kier molecular flexibility index (Phi) is 6.65. The van der Waals surface area contributed by atoms with Gasteiger partial charge >= 0.3 is 0 Å². The van der Waals surface area contributed by atoms with E-state index in [1.165, 1.54) is 30.3 Å². The number of nitrogens with zero attached hydrogens (tertiary/aromatic N) is 2. The van der Waals surface area contributed by atoms with Crippen molar-refractivity contribution in [1.29, 1.82) is 0 Å². The number of likely N-dealkylation sites (tertiary alicyclic amines) is 1. The fourth-order valence-electron chi connectivity index (χ4n) is 3.45. The molecule has 2 heterocycles. The van der Waals surface area contributed by atoms with Crippen LogP contribution in [0.15, 0.2) is 24.4 Å². The van der Waals surface area contributed by atoms with Crippen LogP contribution in [0.3, 0.4) is 0 Å². The van der Waals surface area contributed by atoms with Crippen molar-refractivity contribution in [2.24, 2.45) is 0 Å². The molecule has 1 aromatic carbocycles. The number of nitrogens with two attached hydrogens (primary N) is 1. The van der Waals surface area contributed by atoms with Gasteiger partial charge in [0.2, 0.25) is 10.0 Å². The van der Waals surface area contributed by atoms with Gasteiger partial charge in [0.25, 0.3) is 5.91 Å². The molecule has 0 unspecified atom stereocenters. The third kappa shape index (κ3) is 5.05. The molecule has 1 aromatic heterocycles. The molecule has 1 aliphatic rings. The number of aromatic nitrogens is 1. The number of nitrogen functional groups attached to an aromatic ring is 1. The molecular formula is C20H25FN4O5S. The van der Waals surface area contributed by atoms with Crippen LogP contribution in [-0.2, 0) is 10.0 Å². The number of pyridine rings is 1. The highest BCUT2D eigenvalue weighted by molar-refractivity contribution is 7.92. The Morgan fingerprint density at radius 2 is 2.16 bits per heavy atom. The third-order valence-corrected chi connectivity index (χ3v) is 6.39. The van der Waals surface area contributed by atoms with E-state index in [9.17, 15) is 22.7 Å². The zero-order valence-electron chi connectivity index (χ0n) is 17.3. The number of hydrogen-bond acceptors (Lipinski definition) is 7. The van der Waals surface area contributed by atoms with Crippen molar-refractivity contribution < 1.29 is 27.4 Å². The third-order valence-electron chi connectivity index (χ3n) is 4.91. The zero-order chi connectivity index (χ0) is 22.8. The average molecular weight is 453 g/mol. The SMILES string of the molecule is CCCS(=O)(=O)Nc1cc(-c2cc(C(=O)N3CC[C@@H](O)C3)cnc2N)cc(F)c1OC. The van der Waals surface area contributed by atoms with Gasteiger partial charge in [0.1, 0.15) is 5.82 Å². The number of carbonyl (C=O) groups excluding carboxylic acids is 1. The predicted octanol–water partition coefficient (Wildman–Crippen LogP) is 1.84. The van der Waals surface area contributed by atoms with E-state index in [-0.39, 0.29) is 52.1 Å². The molecule has 1 aliphatic heterocycles. The molecule has 1 saturated heterocycles. The summed E-state index contributed by atoms with van der Waals surface area (Å²) in [7, 11) is -2.48. The normalized spacial score (nSPS) is 16.4. The van der Waals surface area contributed by atoms with Crippen molar-refractivity contribution >= 4 is 27.4 Å². The van der Waals surface area contributed by atoms with Gasteiger partial charge in [-0.25, -0.2) is 17.8 Å². The number of benzene rings is 1. The van der Waals surface area contributed by atoms with Gasteiger partial charge < -0.3 is 20.5 Å². The first-order valence-corrected chi connectivity index (χ1v) is 11.4. The van der Waals surface area contributed by atoms with Crippen LogP contribution < -0.4 is 15.2 Å². The summed E-state index contributed by atoms with van der Waals surface area (Å²) in [5.74, 6) is -1.48. The molecule has 0 spiro atoms. The van der Waals surface area contributed by atoms with Gasteiger partial charge in [0, 0.05) is 24.8 Å². The van der Waals surface area contributed by atoms with Crippen LogP contribution in [0.4, 0.5) is 15.9 Å². The molecule has 1 atom stereocenters. The van der Waals surface area contributed by atoms with E-state index in [2.05, 4.69) is 9.71 Å².